The molecule has 1 aromatic carbocycles. The number of nitrogens with zero attached hydrogens (tertiary/aromatic N) is 1. The fraction of sp³-hybridized carbons (Fsp3) is 0.533. The number of halogens is 1. The van der Waals surface area contributed by atoms with Gasteiger partial charge in [0.15, 0.2) is 0 Å². The second-order valence-corrected chi connectivity index (χ2v) is 4.91. The molecule has 1 heterocycles. The topological polar surface area (TPSA) is 41.6 Å². The van der Waals surface area contributed by atoms with Crippen molar-refractivity contribution in [2.24, 2.45) is 0 Å². The lowest BCUT2D eigenvalue weighted by Crippen LogP contribution is -2.56. The predicted molar refractivity (Wildman–Crippen MR) is 74.8 cm³/mol. The molecule has 2 unspecified atom stereocenters. The van der Waals surface area contributed by atoms with E-state index in [1.807, 2.05) is 17.9 Å². The maximum Gasteiger partial charge on any atom is 0.324 e. The molecule has 1 N–H and O–H groups in total. The van der Waals surface area contributed by atoms with Gasteiger partial charge in [0.25, 0.3) is 0 Å². The summed E-state index contributed by atoms with van der Waals surface area (Å²) in [5.41, 5.74) is 0.615. The summed E-state index contributed by atoms with van der Waals surface area (Å²) in [5.74, 6) is -0.482. The van der Waals surface area contributed by atoms with Crippen molar-refractivity contribution in [1.82, 2.24) is 10.2 Å². The van der Waals surface area contributed by atoms with Crippen LogP contribution in [0.2, 0.25) is 0 Å². The summed E-state index contributed by atoms with van der Waals surface area (Å²) in [5, 5.41) is 3.19. The van der Waals surface area contributed by atoms with Gasteiger partial charge in [0.2, 0.25) is 0 Å². The highest BCUT2D eigenvalue weighted by molar-refractivity contribution is 5.76. The first-order valence-corrected chi connectivity index (χ1v) is 7.02. The number of hydrogen-bond acceptors (Lipinski definition) is 4. The molecular weight excluding hydrogens is 259 g/mol. The first kappa shape index (κ1) is 14.9. The standard InChI is InChI=1S/C15H21FN2O2/c1-3-20-15(19)14-10-17-8-9-18(14)11(2)12-6-4-5-7-13(12)16/h4-7,11,14,17H,3,8-10H2,1-2H3. The van der Waals surface area contributed by atoms with E-state index in [9.17, 15) is 9.18 Å². The zero-order valence-corrected chi connectivity index (χ0v) is 11.9. The van der Waals surface area contributed by atoms with Gasteiger partial charge in [0.05, 0.1) is 6.61 Å². The van der Waals surface area contributed by atoms with Gasteiger partial charge in [-0.05, 0) is 19.9 Å². The Morgan fingerprint density at radius 2 is 2.30 bits per heavy atom. The third-order valence-corrected chi connectivity index (χ3v) is 3.70. The number of ether oxygens (including phenoxy) is 1. The van der Waals surface area contributed by atoms with Crippen molar-refractivity contribution in [3.8, 4) is 0 Å². The first-order chi connectivity index (χ1) is 9.65. The van der Waals surface area contributed by atoms with Crippen LogP contribution in [0.4, 0.5) is 4.39 Å². The number of carbonyl (C=O) groups is 1. The molecule has 0 saturated carbocycles. The van der Waals surface area contributed by atoms with Crippen LogP contribution in [0, 0.1) is 5.82 Å². The van der Waals surface area contributed by atoms with Crippen LogP contribution in [-0.4, -0.2) is 43.2 Å². The monoisotopic (exact) mass is 280 g/mol. The predicted octanol–water partition coefficient (Wildman–Crippen LogP) is 1.72. The summed E-state index contributed by atoms with van der Waals surface area (Å²) in [6, 6.07) is 6.19. The zero-order valence-electron chi connectivity index (χ0n) is 11.9. The number of esters is 1. The van der Waals surface area contributed by atoms with Gasteiger partial charge >= 0.3 is 5.97 Å². The Balaban J connectivity index is 2.19. The molecule has 1 saturated heterocycles. The van der Waals surface area contributed by atoms with E-state index in [0.717, 1.165) is 6.54 Å². The molecule has 5 heteroatoms. The maximum absolute atomic E-state index is 13.9. The Morgan fingerprint density at radius 1 is 1.55 bits per heavy atom. The number of hydrogen-bond donors (Lipinski definition) is 1. The zero-order chi connectivity index (χ0) is 14.5. The Bertz CT molecular complexity index is 467. The summed E-state index contributed by atoms with van der Waals surface area (Å²) >= 11 is 0. The highest BCUT2D eigenvalue weighted by Crippen LogP contribution is 2.25. The van der Waals surface area contributed by atoms with Gasteiger partial charge in [-0.1, -0.05) is 18.2 Å². The molecule has 0 radical (unpaired) electrons. The van der Waals surface area contributed by atoms with E-state index in [2.05, 4.69) is 5.32 Å². The summed E-state index contributed by atoms with van der Waals surface area (Å²) in [4.78, 5) is 14.0. The van der Waals surface area contributed by atoms with Gasteiger partial charge in [-0.15, -0.1) is 0 Å². The van der Waals surface area contributed by atoms with Gasteiger partial charge < -0.3 is 10.1 Å². The summed E-state index contributed by atoms with van der Waals surface area (Å²) in [7, 11) is 0. The van der Waals surface area contributed by atoms with Crippen LogP contribution < -0.4 is 5.32 Å². The molecule has 1 fully saturated rings. The third kappa shape index (κ3) is 3.16. The van der Waals surface area contributed by atoms with E-state index in [4.69, 9.17) is 4.74 Å². The summed E-state index contributed by atoms with van der Waals surface area (Å²) in [6.45, 7) is 6.09. The average Bonchev–Trinajstić information content (AvgIpc) is 2.47. The minimum absolute atomic E-state index is 0.160. The quantitative estimate of drug-likeness (QED) is 0.853. The molecule has 20 heavy (non-hydrogen) atoms. The Kier molecular flexibility index (Phi) is 5.09. The molecule has 4 nitrogen and oxygen atoms in total. The highest BCUT2D eigenvalue weighted by atomic mass is 19.1. The largest absolute Gasteiger partial charge is 0.465 e. The SMILES string of the molecule is CCOC(=O)C1CNCCN1C(C)c1ccccc1F. The van der Waals surface area contributed by atoms with E-state index in [1.54, 1.807) is 19.1 Å². The van der Waals surface area contributed by atoms with E-state index >= 15 is 0 Å². The molecule has 0 aliphatic carbocycles. The molecule has 2 atom stereocenters. The smallest absolute Gasteiger partial charge is 0.324 e. The first-order valence-electron chi connectivity index (χ1n) is 7.02. The lowest BCUT2D eigenvalue weighted by Gasteiger charge is -2.38. The lowest BCUT2D eigenvalue weighted by atomic mass is 10.0. The summed E-state index contributed by atoms with van der Waals surface area (Å²) < 4.78 is 19.0. The Hall–Kier alpha value is -1.46. The third-order valence-electron chi connectivity index (χ3n) is 3.70. The van der Waals surface area contributed by atoms with Crippen LogP contribution in [-0.2, 0) is 9.53 Å². The number of rotatable bonds is 4. The lowest BCUT2D eigenvalue weighted by molar-refractivity contribution is -0.151. The van der Waals surface area contributed by atoms with Crippen molar-refractivity contribution in [2.45, 2.75) is 25.9 Å². The fourth-order valence-electron chi connectivity index (χ4n) is 2.63. The van der Waals surface area contributed by atoms with Crippen molar-refractivity contribution < 1.29 is 13.9 Å². The van der Waals surface area contributed by atoms with Crippen molar-refractivity contribution >= 4 is 5.97 Å². The van der Waals surface area contributed by atoms with Crippen LogP contribution in [0.1, 0.15) is 25.5 Å². The molecule has 0 amide bonds. The molecule has 1 aromatic rings. The molecule has 0 spiro atoms. The minimum atomic E-state index is -0.363. The summed E-state index contributed by atoms with van der Waals surface area (Å²) in [6.07, 6.45) is 0. The molecule has 110 valence electrons. The average molecular weight is 280 g/mol. The Labute approximate surface area is 118 Å². The van der Waals surface area contributed by atoms with Crippen molar-refractivity contribution in [3.05, 3.63) is 35.6 Å². The highest BCUT2D eigenvalue weighted by Gasteiger charge is 2.34. The van der Waals surface area contributed by atoms with E-state index in [1.165, 1.54) is 6.07 Å². The van der Waals surface area contributed by atoms with Crippen LogP contribution in [0.3, 0.4) is 0 Å². The number of carbonyl (C=O) groups excluding carboxylic acids is 1. The number of benzene rings is 1. The van der Waals surface area contributed by atoms with E-state index in [-0.39, 0.29) is 23.9 Å². The second-order valence-electron chi connectivity index (χ2n) is 4.91. The van der Waals surface area contributed by atoms with Crippen LogP contribution in [0.15, 0.2) is 24.3 Å². The fourth-order valence-corrected chi connectivity index (χ4v) is 2.63. The molecule has 2 rings (SSSR count). The van der Waals surface area contributed by atoms with E-state index in [0.29, 0.717) is 25.3 Å². The van der Waals surface area contributed by atoms with Crippen molar-refractivity contribution in [2.75, 3.05) is 26.2 Å². The maximum atomic E-state index is 13.9. The normalized spacial score (nSPS) is 21.4. The molecule has 0 bridgehead atoms. The number of piperazine rings is 1. The van der Waals surface area contributed by atoms with Crippen LogP contribution in [0.5, 0.6) is 0 Å². The van der Waals surface area contributed by atoms with Crippen molar-refractivity contribution in [3.63, 3.8) is 0 Å². The molecular formula is C15H21FN2O2. The Morgan fingerprint density at radius 3 is 3.00 bits per heavy atom. The van der Waals surface area contributed by atoms with Gasteiger partial charge in [-0.2, -0.15) is 0 Å². The van der Waals surface area contributed by atoms with Gasteiger partial charge in [-0.25, -0.2) is 4.39 Å². The minimum Gasteiger partial charge on any atom is -0.465 e. The van der Waals surface area contributed by atoms with Crippen LogP contribution in [0.25, 0.3) is 0 Å². The van der Waals surface area contributed by atoms with Gasteiger partial charge in [-0.3, -0.25) is 9.69 Å². The molecule has 0 aromatic heterocycles. The van der Waals surface area contributed by atoms with Gasteiger partial charge in [0.1, 0.15) is 11.9 Å². The molecule has 1 aliphatic rings. The van der Waals surface area contributed by atoms with E-state index < -0.39 is 0 Å². The number of nitrogens with one attached hydrogen (secondary N) is 1. The van der Waals surface area contributed by atoms with Crippen LogP contribution >= 0.6 is 0 Å². The van der Waals surface area contributed by atoms with Gasteiger partial charge in [0, 0.05) is 31.2 Å². The molecule has 1 aliphatic heterocycles. The van der Waals surface area contributed by atoms with Crippen molar-refractivity contribution in [1.29, 1.82) is 0 Å². The second kappa shape index (κ2) is 6.81.